The molecule has 10 nitrogen and oxygen atoms in total. The number of hydrogen-bond acceptors (Lipinski definition) is 10. The molecule has 0 saturated heterocycles. The van der Waals surface area contributed by atoms with E-state index in [-0.39, 0.29) is 11.1 Å². The molecule has 6 heterocycles. The smallest absolute Gasteiger partial charge is 0.432 e. The second kappa shape index (κ2) is 19.9. The third-order valence-electron chi connectivity index (χ3n) is 11.1. The van der Waals surface area contributed by atoms with Crippen LogP contribution < -0.4 is 0 Å². The summed E-state index contributed by atoms with van der Waals surface area (Å²) >= 11 is 0. The molecule has 0 radical (unpaired) electrons. The highest BCUT2D eigenvalue weighted by Crippen LogP contribution is 2.50. The molecule has 0 fully saturated rings. The predicted molar refractivity (Wildman–Crippen MR) is 221 cm³/mol. The van der Waals surface area contributed by atoms with Gasteiger partial charge in [0.15, 0.2) is 11.6 Å². The molecule has 0 aliphatic carbocycles. The molecule has 2 aromatic carbocycles. The van der Waals surface area contributed by atoms with Gasteiger partial charge in [-0.05, 0) is 83.9 Å². The lowest BCUT2D eigenvalue weighted by molar-refractivity contribution is -0.279. The lowest BCUT2D eigenvalue weighted by Crippen LogP contribution is -2.48. The van der Waals surface area contributed by atoms with Crippen LogP contribution in [0.5, 0.6) is 0 Å². The maximum absolute atomic E-state index is 14.3. The molecule has 0 saturated carbocycles. The van der Waals surface area contributed by atoms with Crippen molar-refractivity contribution in [2.75, 3.05) is 0 Å². The van der Waals surface area contributed by atoms with Gasteiger partial charge in [0.25, 0.3) is 0 Å². The summed E-state index contributed by atoms with van der Waals surface area (Å²) in [7, 11) is 0. The quantitative estimate of drug-likeness (QED) is 0.101. The van der Waals surface area contributed by atoms with Crippen LogP contribution in [-0.2, 0) is 33.5 Å². The fourth-order valence-electron chi connectivity index (χ4n) is 7.78. The van der Waals surface area contributed by atoms with Crippen molar-refractivity contribution in [3.63, 3.8) is 0 Å². The number of ketones is 2. The SMILES string of the molecule is O=C(Cc1cnccc1[C@@]1(C(F)(F)F)C[C@@H](O)C=CO1)c1ccc(F)c(-c2c(F)cccc2F)n1.O=C(Cc1cnccc1[C@]1(C(F)(F)F)C[C@H](O)C=CO1)c1ccc(F)c(-c2c(F)cccc2F)n1. The Morgan fingerprint density at radius 3 is 1.23 bits per heavy atom. The number of carbonyl (C=O) groups is 2. The maximum Gasteiger partial charge on any atom is 0.432 e. The second-order valence-corrected chi connectivity index (χ2v) is 15.6. The summed E-state index contributed by atoms with van der Waals surface area (Å²) in [5.74, 6) is -8.34. The zero-order valence-corrected chi connectivity index (χ0v) is 35.4. The van der Waals surface area contributed by atoms with E-state index in [1.165, 1.54) is 0 Å². The number of aromatic nitrogens is 4. The Hall–Kier alpha value is -7.46. The molecule has 6 aromatic rings. The Morgan fingerprint density at radius 1 is 0.543 bits per heavy atom. The van der Waals surface area contributed by atoms with E-state index in [2.05, 4.69) is 19.9 Å². The van der Waals surface area contributed by atoms with Crippen molar-refractivity contribution in [3.05, 3.63) is 191 Å². The Morgan fingerprint density at radius 2 is 0.900 bits per heavy atom. The van der Waals surface area contributed by atoms with E-state index < -0.39 is 153 Å². The van der Waals surface area contributed by atoms with E-state index in [1.807, 2.05) is 0 Å². The lowest BCUT2D eigenvalue weighted by Gasteiger charge is -2.39. The van der Waals surface area contributed by atoms with Crippen molar-refractivity contribution < 1.29 is 82.0 Å². The van der Waals surface area contributed by atoms with Crippen LogP contribution in [0.3, 0.4) is 0 Å². The maximum atomic E-state index is 14.3. The number of nitrogens with zero attached hydrogens (tertiary/aromatic N) is 4. The van der Waals surface area contributed by atoms with Crippen LogP contribution in [0.15, 0.2) is 122 Å². The highest BCUT2D eigenvalue weighted by Gasteiger charge is 2.61. The summed E-state index contributed by atoms with van der Waals surface area (Å²) in [6.45, 7) is 0. The van der Waals surface area contributed by atoms with Crippen LogP contribution in [0.25, 0.3) is 22.5 Å². The van der Waals surface area contributed by atoms with E-state index in [0.29, 0.717) is 0 Å². The molecule has 0 amide bonds. The van der Waals surface area contributed by atoms with E-state index in [4.69, 9.17) is 9.47 Å². The summed E-state index contributed by atoms with van der Waals surface area (Å²) in [5.41, 5.74) is -11.1. The Bertz CT molecular complexity index is 2780. The first-order chi connectivity index (χ1) is 33.1. The number of hydrogen-bond donors (Lipinski definition) is 2. The molecule has 2 aliphatic heterocycles. The summed E-state index contributed by atoms with van der Waals surface area (Å²) in [6.07, 6.45) is -8.07. The second-order valence-electron chi connectivity index (χ2n) is 15.6. The van der Waals surface area contributed by atoms with Gasteiger partial charge in [-0.3, -0.25) is 19.6 Å². The summed E-state index contributed by atoms with van der Waals surface area (Å²) < 4.78 is 180. The number of ether oxygens (including phenoxy) is 2. The number of pyridine rings is 4. The van der Waals surface area contributed by atoms with Gasteiger partial charge in [-0.15, -0.1) is 0 Å². The van der Waals surface area contributed by atoms with Gasteiger partial charge in [0, 0.05) is 61.6 Å². The zero-order valence-electron chi connectivity index (χ0n) is 35.4. The lowest BCUT2D eigenvalue weighted by atomic mass is 9.82. The topological polar surface area (TPSA) is 145 Å². The molecule has 0 bridgehead atoms. The average molecular weight is 989 g/mol. The normalized spacial score (nSPS) is 19.9. The molecular formula is C48H32F12N4O6. The number of Topliss-reactive ketones (excluding diaryl/α,β-unsaturated/α-hetero) is 2. The van der Waals surface area contributed by atoms with Gasteiger partial charge < -0.3 is 19.7 Å². The predicted octanol–water partition coefficient (Wildman–Crippen LogP) is 10.1. The number of halogens is 12. The minimum absolute atomic E-state index is 0.179. The fourth-order valence-corrected chi connectivity index (χ4v) is 7.78. The average Bonchev–Trinajstić information content (AvgIpc) is 3.30. The molecule has 2 aliphatic rings. The van der Waals surface area contributed by atoms with Crippen molar-refractivity contribution in [1.29, 1.82) is 0 Å². The first-order valence-corrected chi connectivity index (χ1v) is 20.4. The molecule has 4 atom stereocenters. The number of aliphatic hydroxyl groups excluding tert-OH is 2. The number of carbonyl (C=O) groups excluding carboxylic acids is 2. The molecule has 70 heavy (non-hydrogen) atoms. The Labute approximate surface area is 387 Å². The minimum Gasteiger partial charge on any atom is -0.481 e. The molecule has 4 aromatic heterocycles. The van der Waals surface area contributed by atoms with Crippen LogP contribution in [0.2, 0.25) is 0 Å². The molecular weight excluding hydrogens is 957 g/mol. The third-order valence-corrected chi connectivity index (χ3v) is 11.1. The van der Waals surface area contributed by atoms with Crippen molar-refractivity contribution >= 4 is 11.6 Å². The molecule has 0 unspecified atom stereocenters. The summed E-state index contributed by atoms with van der Waals surface area (Å²) in [4.78, 5) is 41.0. The van der Waals surface area contributed by atoms with Crippen LogP contribution in [0, 0.1) is 34.9 Å². The summed E-state index contributed by atoms with van der Waals surface area (Å²) in [6, 6.07) is 11.2. The Kier molecular flexibility index (Phi) is 14.3. The van der Waals surface area contributed by atoms with Gasteiger partial charge in [-0.1, -0.05) is 12.1 Å². The number of rotatable bonds is 10. The van der Waals surface area contributed by atoms with Gasteiger partial charge in [0.1, 0.15) is 57.7 Å². The summed E-state index contributed by atoms with van der Waals surface area (Å²) in [5, 5.41) is 19.7. The van der Waals surface area contributed by atoms with Crippen LogP contribution >= 0.6 is 0 Å². The standard InChI is InChI=1S/2C24H16F6N2O3/c2*25-16-2-1-3-17(26)21(16)22-18(27)4-5-19(32-22)20(34)10-13-12-31-8-6-15(13)23(24(28,29)30)11-14(33)7-9-35-23/h2*1-9,12,14,33H,10-11H2/t2*14-,23+/m10/s1. The first kappa shape index (κ1) is 50.4. The number of benzene rings is 2. The van der Waals surface area contributed by atoms with Crippen molar-refractivity contribution in [2.24, 2.45) is 0 Å². The van der Waals surface area contributed by atoms with Crippen molar-refractivity contribution in [2.45, 2.75) is 61.4 Å². The van der Waals surface area contributed by atoms with E-state index in [9.17, 15) is 72.5 Å². The fraction of sp³-hybridized carbons (Fsp3) is 0.208. The van der Waals surface area contributed by atoms with Crippen LogP contribution in [0.1, 0.15) is 56.1 Å². The van der Waals surface area contributed by atoms with Crippen molar-refractivity contribution in [1.82, 2.24) is 19.9 Å². The molecule has 2 N–H and O–H groups in total. The van der Waals surface area contributed by atoms with Gasteiger partial charge in [-0.25, -0.2) is 36.3 Å². The highest BCUT2D eigenvalue weighted by molar-refractivity contribution is 5.97. The van der Waals surface area contributed by atoms with E-state index in [0.717, 1.165) is 122 Å². The van der Waals surface area contributed by atoms with Crippen molar-refractivity contribution in [3.8, 4) is 22.5 Å². The highest BCUT2D eigenvalue weighted by atomic mass is 19.4. The Balaban J connectivity index is 0.000000206. The monoisotopic (exact) mass is 988 g/mol. The number of aliphatic hydroxyl groups is 2. The first-order valence-electron chi connectivity index (χ1n) is 20.4. The number of alkyl halides is 6. The van der Waals surface area contributed by atoms with E-state index >= 15 is 0 Å². The van der Waals surface area contributed by atoms with E-state index in [1.54, 1.807) is 0 Å². The molecule has 22 heteroatoms. The largest absolute Gasteiger partial charge is 0.481 e. The molecule has 0 spiro atoms. The molecule has 364 valence electrons. The van der Waals surface area contributed by atoms with Gasteiger partial charge >= 0.3 is 12.4 Å². The molecule has 8 rings (SSSR count). The van der Waals surface area contributed by atoms with Gasteiger partial charge in [0.05, 0.1) is 35.9 Å². The van der Waals surface area contributed by atoms with Crippen LogP contribution in [-0.4, -0.2) is 66.3 Å². The zero-order chi connectivity index (χ0) is 50.8. The minimum atomic E-state index is -4.97. The third kappa shape index (κ3) is 9.99. The van der Waals surface area contributed by atoms with Gasteiger partial charge in [0.2, 0.25) is 11.2 Å². The van der Waals surface area contributed by atoms with Gasteiger partial charge in [-0.2, -0.15) is 26.3 Å². The van der Waals surface area contributed by atoms with Crippen LogP contribution in [0.4, 0.5) is 52.7 Å².